The second-order valence-corrected chi connectivity index (χ2v) is 2.30. The lowest BCUT2D eigenvalue weighted by Crippen LogP contribution is -2.15. The lowest BCUT2D eigenvalue weighted by atomic mass is 10.3. The molecule has 2 N–H and O–H groups in total. The van der Waals surface area contributed by atoms with Crippen LogP contribution in [0.3, 0.4) is 0 Å². The quantitative estimate of drug-likeness (QED) is 0.491. The van der Waals surface area contributed by atoms with Gasteiger partial charge in [-0.2, -0.15) is 0 Å². The molecule has 0 bridgehead atoms. The van der Waals surface area contributed by atoms with Gasteiger partial charge in [0, 0.05) is 6.42 Å². The monoisotopic (exact) mass is 169 g/mol. The molecule has 2 unspecified atom stereocenters. The van der Waals surface area contributed by atoms with E-state index in [1.807, 2.05) is 0 Å². The van der Waals surface area contributed by atoms with E-state index in [2.05, 4.69) is 4.18 Å². The van der Waals surface area contributed by atoms with E-state index in [0.717, 1.165) is 0 Å². The molecule has 0 saturated heterocycles. The van der Waals surface area contributed by atoms with E-state index in [-0.39, 0.29) is 19.6 Å². The summed E-state index contributed by atoms with van der Waals surface area (Å²) in [5, 5.41) is 16.9. The fourth-order valence-corrected chi connectivity index (χ4v) is 0.576. The molecule has 0 aromatic heterocycles. The number of hydrogen-bond donors (Lipinski definition) is 2. The highest BCUT2D eigenvalue weighted by molar-refractivity contribution is 7.74. The third-order valence-electron chi connectivity index (χ3n) is 0.841. The third kappa shape index (κ3) is 6.12. The molecule has 0 radical (unpaired) electrons. The molecule has 0 rings (SSSR count). The normalized spacial score (nSPS) is 16.7. The minimum atomic E-state index is -2.53. The van der Waals surface area contributed by atoms with Crippen LogP contribution in [0.2, 0.25) is 0 Å². The molecular formula is C4H9O5S-. The zero-order chi connectivity index (χ0) is 7.98. The van der Waals surface area contributed by atoms with E-state index in [1.54, 1.807) is 0 Å². The van der Waals surface area contributed by atoms with Crippen LogP contribution in [-0.2, 0) is 15.5 Å². The van der Waals surface area contributed by atoms with Crippen molar-refractivity contribution in [3.8, 4) is 0 Å². The third-order valence-corrected chi connectivity index (χ3v) is 1.20. The van der Waals surface area contributed by atoms with E-state index < -0.39 is 17.5 Å². The highest BCUT2D eigenvalue weighted by Crippen LogP contribution is 1.91. The highest BCUT2D eigenvalue weighted by Gasteiger charge is 2.00. The van der Waals surface area contributed by atoms with Gasteiger partial charge in [-0.15, -0.1) is 0 Å². The zero-order valence-electron chi connectivity index (χ0n) is 5.23. The van der Waals surface area contributed by atoms with Gasteiger partial charge >= 0.3 is 0 Å². The molecule has 0 amide bonds. The van der Waals surface area contributed by atoms with Gasteiger partial charge in [-0.25, -0.2) is 4.21 Å². The van der Waals surface area contributed by atoms with Crippen molar-refractivity contribution in [1.82, 2.24) is 0 Å². The van der Waals surface area contributed by atoms with Crippen LogP contribution in [0.25, 0.3) is 0 Å². The van der Waals surface area contributed by atoms with Crippen molar-refractivity contribution < 1.29 is 23.2 Å². The van der Waals surface area contributed by atoms with Crippen molar-refractivity contribution in [1.29, 1.82) is 0 Å². The van der Waals surface area contributed by atoms with E-state index in [9.17, 15) is 8.76 Å². The predicted molar refractivity (Wildman–Crippen MR) is 32.6 cm³/mol. The summed E-state index contributed by atoms with van der Waals surface area (Å²) in [6.45, 7) is -0.479. The molecule has 0 fully saturated rings. The molecule has 0 aliphatic heterocycles. The van der Waals surface area contributed by atoms with Gasteiger partial charge in [-0.1, -0.05) is 0 Å². The van der Waals surface area contributed by atoms with Gasteiger partial charge in [-0.05, 0) is 0 Å². The van der Waals surface area contributed by atoms with Gasteiger partial charge in [0.2, 0.25) is 0 Å². The first-order chi connectivity index (χ1) is 4.66. The second kappa shape index (κ2) is 5.75. The summed E-state index contributed by atoms with van der Waals surface area (Å²) >= 11 is -2.53. The van der Waals surface area contributed by atoms with Crippen molar-refractivity contribution in [3.63, 3.8) is 0 Å². The van der Waals surface area contributed by atoms with Crippen molar-refractivity contribution in [2.75, 3.05) is 13.2 Å². The first-order valence-corrected chi connectivity index (χ1v) is 3.68. The predicted octanol–water partition coefficient (Wildman–Crippen LogP) is -1.46. The lowest BCUT2D eigenvalue weighted by Gasteiger charge is -2.07. The summed E-state index contributed by atoms with van der Waals surface area (Å²) in [5.41, 5.74) is 0. The van der Waals surface area contributed by atoms with Crippen molar-refractivity contribution in [3.05, 3.63) is 0 Å². The lowest BCUT2D eigenvalue weighted by molar-refractivity contribution is 0.0758. The number of aliphatic hydroxyl groups is 2. The van der Waals surface area contributed by atoms with Gasteiger partial charge in [-0.3, -0.25) is 0 Å². The average Bonchev–Trinajstić information content (AvgIpc) is 1.87. The summed E-state index contributed by atoms with van der Waals surface area (Å²) in [4.78, 5) is 0. The molecule has 0 aliphatic carbocycles. The van der Waals surface area contributed by atoms with E-state index in [1.165, 1.54) is 0 Å². The first-order valence-electron chi connectivity index (χ1n) is 2.68. The topological polar surface area (TPSA) is 89.8 Å². The Morgan fingerprint density at radius 1 is 1.70 bits per heavy atom. The van der Waals surface area contributed by atoms with Gasteiger partial charge in [0.25, 0.3) is 0 Å². The highest BCUT2D eigenvalue weighted by atomic mass is 32.2. The maximum atomic E-state index is 9.70. The van der Waals surface area contributed by atoms with Crippen LogP contribution in [0.15, 0.2) is 0 Å². The summed E-state index contributed by atoms with van der Waals surface area (Å²) in [5.74, 6) is 0. The standard InChI is InChI=1S/C4H10O5S/c5-3-4(6)1-2-9-10(7)8/h4-6H,1-3H2,(H,7,8)/p-1. The maximum Gasteiger partial charge on any atom is 0.0842 e. The van der Waals surface area contributed by atoms with Gasteiger partial charge in [0.05, 0.1) is 30.7 Å². The smallest absolute Gasteiger partial charge is 0.0842 e. The van der Waals surface area contributed by atoms with Crippen LogP contribution in [-0.4, -0.2) is 38.3 Å². The Hall–Kier alpha value is -0.0100. The number of hydrogen-bond acceptors (Lipinski definition) is 5. The van der Waals surface area contributed by atoms with Crippen LogP contribution in [0.4, 0.5) is 0 Å². The summed E-state index contributed by atoms with van der Waals surface area (Å²) in [7, 11) is 0. The van der Waals surface area contributed by atoms with Crippen LogP contribution < -0.4 is 0 Å². The van der Waals surface area contributed by atoms with Crippen LogP contribution in [0.5, 0.6) is 0 Å². The maximum absolute atomic E-state index is 9.70. The van der Waals surface area contributed by atoms with Gasteiger partial charge < -0.3 is 18.9 Å². The number of rotatable bonds is 5. The molecule has 0 saturated carbocycles. The fourth-order valence-electron chi connectivity index (χ4n) is 0.343. The zero-order valence-corrected chi connectivity index (χ0v) is 6.04. The molecule has 0 aromatic carbocycles. The van der Waals surface area contributed by atoms with Crippen LogP contribution in [0, 0.1) is 0 Å². The molecule has 0 aliphatic rings. The molecule has 2 atom stereocenters. The second-order valence-electron chi connectivity index (χ2n) is 1.65. The minimum absolute atomic E-state index is 0.0994. The molecule has 0 heterocycles. The Morgan fingerprint density at radius 2 is 2.30 bits per heavy atom. The molecule has 0 spiro atoms. The summed E-state index contributed by atoms with van der Waals surface area (Å²) in [6, 6.07) is 0. The van der Waals surface area contributed by atoms with Crippen molar-refractivity contribution >= 4 is 11.4 Å². The summed E-state index contributed by atoms with van der Waals surface area (Å²) < 4.78 is 23.5. The first kappa shape index (κ1) is 9.99. The molecule has 6 heteroatoms. The Morgan fingerprint density at radius 3 is 2.70 bits per heavy atom. The molecule has 10 heavy (non-hydrogen) atoms. The largest absolute Gasteiger partial charge is 0.750 e. The Bertz CT molecular complexity index is 106. The van der Waals surface area contributed by atoms with Crippen molar-refractivity contribution in [2.45, 2.75) is 12.5 Å². The van der Waals surface area contributed by atoms with Crippen LogP contribution >= 0.6 is 0 Å². The minimum Gasteiger partial charge on any atom is -0.750 e. The average molecular weight is 169 g/mol. The molecule has 0 aromatic rings. The number of aliphatic hydroxyl groups excluding tert-OH is 2. The fraction of sp³-hybridized carbons (Fsp3) is 1.00. The van der Waals surface area contributed by atoms with E-state index in [0.29, 0.717) is 0 Å². The van der Waals surface area contributed by atoms with E-state index >= 15 is 0 Å². The summed E-state index contributed by atoms with van der Waals surface area (Å²) in [6.07, 6.45) is -0.784. The Balaban J connectivity index is 3.11. The van der Waals surface area contributed by atoms with Gasteiger partial charge in [0.1, 0.15) is 0 Å². The SMILES string of the molecule is O=S([O-])OCCC(O)CO. The molecule has 62 valence electrons. The van der Waals surface area contributed by atoms with Crippen LogP contribution in [0.1, 0.15) is 6.42 Å². The molecular weight excluding hydrogens is 160 g/mol. The van der Waals surface area contributed by atoms with Gasteiger partial charge in [0.15, 0.2) is 0 Å². The Kier molecular flexibility index (Phi) is 5.74. The Labute approximate surface area is 61.1 Å². The van der Waals surface area contributed by atoms with E-state index in [4.69, 9.17) is 10.2 Å². The molecule has 5 nitrogen and oxygen atoms in total. The van der Waals surface area contributed by atoms with Crippen molar-refractivity contribution in [2.24, 2.45) is 0 Å².